The molecule has 120 valence electrons. The summed E-state index contributed by atoms with van der Waals surface area (Å²) in [5.41, 5.74) is 1.43. The van der Waals surface area contributed by atoms with Crippen molar-refractivity contribution in [2.75, 3.05) is 5.32 Å². The van der Waals surface area contributed by atoms with E-state index in [9.17, 15) is 18.0 Å². The highest BCUT2D eigenvalue weighted by atomic mass is 35.5. The molecular formula is C15H16ClF3N2O. The van der Waals surface area contributed by atoms with Gasteiger partial charge in [-0.05, 0) is 49.9 Å². The molecule has 3 rings (SSSR count). The van der Waals surface area contributed by atoms with Gasteiger partial charge in [-0.3, -0.25) is 0 Å². The second-order valence-electron chi connectivity index (χ2n) is 6.05. The van der Waals surface area contributed by atoms with E-state index in [1.165, 1.54) is 0 Å². The molecule has 0 spiro atoms. The topological polar surface area (TPSA) is 32.3 Å². The lowest BCUT2D eigenvalue weighted by molar-refractivity contribution is -0.205. The fourth-order valence-corrected chi connectivity index (χ4v) is 3.50. The van der Waals surface area contributed by atoms with E-state index in [0.717, 1.165) is 5.56 Å². The van der Waals surface area contributed by atoms with Crippen LogP contribution in [-0.4, -0.2) is 29.2 Å². The smallest absolute Gasteiger partial charge is 0.318 e. The zero-order valence-electron chi connectivity index (χ0n) is 12.0. The molecule has 1 aromatic carbocycles. The fraction of sp³-hybridized carbons (Fsp3) is 0.533. The van der Waals surface area contributed by atoms with E-state index in [-0.39, 0.29) is 31.0 Å². The van der Waals surface area contributed by atoms with Crippen LogP contribution in [0.1, 0.15) is 24.8 Å². The standard InChI is InChI=1S/C15H16ClF3N2O/c1-8-4-10(2-3-13(8)16)20-14(22)21-11-5-9(15(17,18)19)6-12(21)7-11/h2-4,9,11-12H,5-7H2,1H3,(H,20,22)/t9?,11-,12?/m1/s1. The molecule has 2 unspecified atom stereocenters. The predicted octanol–water partition coefficient (Wildman–Crippen LogP) is 4.60. The van der Waals surface area contributed by atoms with Gasteiger partial charge in [-0.15, -0.1) is 0 Å². The fourth-order valence-electron chi connectivity index (χ4n) is 3.38. The van der Waals surface area contributed by atoms with Crippen molar-refractivity contribution in [3.05, 3.63) is 28.8 Å². The number of urea groups is 1. The Hall–Kier alpha value is -1.43. The molecule has 1 N–H and O–H groups in total. The van der Waals surface area contributed by atoms with Gasteiger partial charge in [-0.25, -0.2) is 4.79 Å². The average molecular weight is 333 g/mol. The summed E-state index contributed by atoms with van der Waals surface area (Å²) in [4.78, 5) is 13.8. The monoisotopic (exact) mass is 332 g/mol. The molecule has 2 fully saturated rings. The molecule has 0 aromatic heterocycles. The minimum atomic E-state index is -4.16. The zero-order chi connectivity index (χ0) is 16.1. The van der Waals surface area contributed by atoms with Crippen molar-refractivity contribution in [1.29, 1.82) is 0 Å². The molecule has 2 amide bonds. The molecule has 2 saturated heterocycles. The number of alkyl halides is 3. The van der Waals surface area contributed by atoms with Crippen molar-refractivity contribution < 1.29 is 18.0 Å². The number of rotatable bonds is 1. The van der Waals surface area contributed by atoms with Crippen LogP contribution >= 0.6 is 11.6 Å². The number of benzene rings is 1. The molecule has 0 aliphatic carbocycles. The van der Waals surface area contributed by atoms with Gasteiger partial charge in [0, 0.05) is 22.8 Å². The molecule has 2 aliphatic rings. The Morgan fingerprint density at radius 3 is 2.45 bits per heavy atom. The maximum Gasteiger partial charge on any atom is 0.391 e. The predicted molar refractivity (Wildman–Crippen MR) is 78.0 cm³/mol. The first kappa shape index (κ1) is 15.5. The quantitative estimate of drug-likeness (QED) is 0.801. The molecular weight excluding hydrogens is 317 g/mol. The molecule has 2 bridgehead atoms. The van der Waals surface area contributed by atoms with Gasteiger partial charge in [0.1, 0.15) is 0 Å². The van der Waals surface area contributed by atoms with Gasteiger partial charge in [0.25, 0.3) is 0 Å². The number of fused-ring (bicyclic) bond motifs is 2. The van der Waals surface area contributed by atoms with E-state index in [0.29, 0.717) is 17.1 Å². The number of hydrogen-bond donors (Lipinski definition) is 1. The van der Waals surface area contributed by atoms with Gasteiger partial charge in [-0.1, -0.05) is 11.6 Å². The third-order valence-corrected chi connectivity index (χ3v) is 4.97. The van der Waals surface area contributed by atoms with Gasteiger partial charge < -0.3 is 10.2 Å². The van der Waals surface area contributed by atoms with Crippen LogP contribution in [0.2, 0.25) is 5.02 Å². The molecule has 3 nitrogen and oxygen atoms in total. The summed E-state index contributed by atoms with van der Waals surface area (Å²) in [6, 6.07) is 4.17. The van der Waals surface area contributed by atoms with Gasteiger partial charge in [-0.2, -0.15) is 13.2 Å². The molecule has 2 aliphatic heterocycles. The van der Waals surface area contributed by atoms with Crippen LogP contribution in [0.5, 0.6) is 0 Å². The first-order chi connectivity index (χ1) is 10.3. The number of carbonyl (C=O) groups is 1. The average Bonchev–Trinajstić information content (AvgIpc) is 2.42. The lowest BCUT2D eigenvalue weighted by atomic mass is 9.73. The second-order valence-corrected chi connectivity index (χ2v) is 6.46. The summed E-state index contributed by atoms with van der Waals surface area (Å²) in [5, 5.41) is 3.34. The van der Waals surface area contributed by atoms with Crippen LogP contribution in [0.3, 0.4) is 0 Å². The van der Waals surface area contributed by atoms with Crippen LogP contribution in [0.25, 0.3) is 0 Å². The highest BCUT2D eigenvalue weighted by molar-refractivity contribution is 6.31. The van der Waals surface area contributed by atoms with E-state index in [1.54, 1.807) is 23.1 Å². The number of carbonyl (C=O) groups excluding carboxylic acids is 1. The summed E-state index contributed by atoms with van der Waals surface area (Å²) in [6.07, 6.45) is -3.48. The third-order valence-electron chi connectivity index (χ3n) is 4.55. The first-order valence-electron chi connectivity index (χ1n) is 7.18. The van der Waals surface area contributed by atoms with Crippen LogP contribution in [-0.2, 0) is 0 Å². The van der Waals surface area contributed by atoms with Crippen LogP contribution in [0, 0.1) is 12.8 Å². The summed E-state index contributed by atoms with van der Waals surface area (Å²) < 4.78 is 38.3. The number of nitrogens with zero attached hydrogens (tertiary/aromatic N) is 1. The minimum Gasteiger partial charge on any atom is -0.318 e. The number of amides is 2. The number of hydrogen-bond acceptors (Lipinski definition) is 1. The normalized spacial score (nSPS) is 27.3. The molecule has 0 radical (unpaired) electrons. The van der Waals surface area contributed by atoms with Crippen LogP contribution < -0.4 is 5.32 Å². The first-order valence-corrected chi connectivity index (χ1v) is 7.55. The summed E-state index contributed by atoms with van der Waals surface area (Å²) in [7, 11) is 0. The molecule has 3 atom stereocenters. The number of nitrogens with one attached hydrogen (secondary N) is 1. The summed E-state index contributed by atoms with van der Waals surface area (Å²) in [5.74, 6) is -1.28. The van der Waals surface area contributed by atoms with Gasteiger partial charge >= 0.3 is 12.2 Å². The Morgan fingerprint density at radius 1 is 1.27 bits per heavy atom. The number of halogens is 4. The zero-order valence-corrected chi connectivity index (χ0v) is 12.7. The molecule has 2 heterocycles. The van der Waals surface area contributed by atoms with Crippen molar-refractivity contribution in [2.24, 2.45) is 5.92 Å². The Morgan fingerprint density at radius 2 is 1.91 bits per heavy atom. The molecule has 7 heteroatoms. The molecule has 22 heavy (non-hydrogen) atoms. The summed E-state index contributed by atoms with van der Waals surface area (Å²) in [6.45, 7) is 1.82. The van der Waals surface area contributed by atoms with E-state index in [2.05, 4.69) is 5.32 Å². The Balaban J connectivity index is 1.64. The van der Waals surface area contributed by atoms with Crippen molar-refractivity contribution in [3.63, 3.8) is 0 Å². The van der Waals surface area contributed by atoms with Crippen molar-refractivity contribution in [1.82, 2.24) is 4.90 Å². The second kappa shape index (κ2) is 5.33. The van der Waals surface area contributed by atoms with Gasteiger partial charge in [0.15, 0.2) is 0 Å². The number of piperidine rings is 1. The van der Waals surface area contributed by atoms with Crippen LogP contribution in [0.4, 0.5) is 23.7 Å². The van der Waals surface area contributed by atoms with E-state index < -0.39 is 12.1 Å². The summed E-state index contributed by atoms with van der Waals surface area (Å²) >= 11 is 5.93. The van der Waals surface area contributed by atoms with Crippen LogP contribution in [0.15, 0.2) is 18.2 Å². The van der Waals surface area contributed by atoms with Crippen molar-refractivity contribution in [2.45, 2.75) is 44.4 Å². The largest absolute Gasteiger partial charge is 0.391 e. The van der Waals surface area contributed by atoms with Gasteiger partial charge in [0.05, 0.1) is 5.92 Å². The number of aryl methyl sites for hydroxylation is 1. The highest BCUT2D eigenvalue weighted by Gasteiger charge is 2.54. The maximum absolute atomic E-state index is 12.8. The Labute approximate surface area is 131 Å². The van der Waals surface area contributed by atoms with Crippen molar-refractivity contribution >= 4 is 23.3 Å². The van der Waals surface area contributed by atoms with E-state index in [1.807, 2.05) is 6.92 Å². The number of anilines is 1. The lowest BCUT2D eigenvalue weighted by Crippen LogP contribution is -2.65. The lowest BCUT2D eigenvalue weighted by Gasteiger charge is -2.55. The molecule has 0 saturated carbocycles. The minimum absolute atomic E-state index is 0.00701. The maximum atomic E-state index is 12.8. The molecule has 1 aromatic rings. The Kier molecular flexibility index (Phi) is 3.75. The van der Waals surface area contributed by atoms with E-state index in [4.69, 9.17) is 11.6 Å². The highest BCUT2D eigenvalue weighted by Crippen LogP contribution is 2.47. The van der Waals surface area contributed by atoms with Crippen molar-refractivity contribution in [3.8, 4) is 0 Å². The van der Waals surface area contributed by atoms with E-state index >= 15 is 0 Å². The van der Waals surface area contributed by atoms with Gasteiger partial charge in [0.2, 0.25) is 0 Å². The SMILES string of the molecule is Cc1cc(NC(=O)N2C3CC(C(F)(F)F)C[C@@H]2C3)ccc1Cl. The Bertz CT molecular complexity index is 593. The third kappa shape index (κ3) is 2.76.